The molecule has 1 heterocycles. The van der Waals surface area contributed by atoms with Gasteiger partial charge in [0, 0.05) is 13.1 Å². The molecule has 0 aliphatic carbocycles. The van der Waals surface area contributed by atoms with Gasteiger partial charge in [-0.05, 0) is 33.4 Å². The third-order valence-corrected chi connectivity index (χ3v) is 3.65. The number of thiazole rings is 1. The Morgan fingerprint density at radius 1 is 1.44 bits per heavy atom. The number of rotatable bonds is 6. The van der Waals surface area contributed by atoms with Gasteiger partial charge in [0.05, 0.1) is 5.69 Å². The average molecular weight is 269 g/mol. The quantitative estimate of drug-likeness (QED) is 0.862. The highest BCUT2D eigenvalue weighted by Gasteiger charge is 2.15. The third-order valence-electron chi connectivity index (χ3n) is 2.51. The van der Waals surface area contributed by atoms with Crippen LogP contribution >= 0.6 is 11.3 Å². The van der Waals surface area contributed by atoms with E-state index in [-0.39, 0.29) is 5.91 Å². The Hall–Kier alpha value is -0.940. The van der Waals surface area contributed by atoms with Crippen LogP contribution in [0.5, 0.6) is 0 Å². The second kappa shape index (κ2) is 6.85. The summed E-state index contributed by atoms with van der Waals surface area (Å²) in [6.07, 6.45) is 1.01. The van der Waals surface area contributed by atoms with Gasteiger partial charge in [-0.3, -0.25) is 4.79 Å². The molecule has 1 aromatic rings. The molecule has 4 nitrogen and oxygen atoms in total. The largest absolute Gasteiger partial charge is 0.351 e. The molecule has 18 heavy (non-hydrogen) atoms. The predicted molar refractivity (Wildman–Crippen MR) is 76.0 cm³/mol. The third kappa shape index (κ3) is 4.74. The van der Waals surface area contributed by atoms with Crippen LogP contribution in [0.3, 0.4) is 0 Å². The Kier molecular flexibility index (Phi) is 5.75. The number of carbonyl (C=O) groups excluding carboxylic acids is 1. The average Bonchev–Trinajstić information content (AvgIpc) is 2.57. The minimum atomic E-state index is 0.00987. The van der Waals surface area contributed by atoms with E-state index in [4.69, 9.17) is 0 Å². The molecule has 1 aromatic heterocycles. The zero-order chi connectivity index (χ0) is 13.7. The number of aryl methyl sites for hydroxylation is 1. The minimum absolute atomic E-state index is 0.00987. The molecular formula is C13H23N3OS. The Labute approximate surface area is 113 Å². The van der Waals surface area contributed by atoms with Gasteiger partial charge in [0.15, 0.2) is 0 Å². The summed E-state index contributed by atoms with van der Waals surface area (Å²) in [6.45, 7) is 7.72. The van der Waals surface area contributed by atoms with E-state index in [9.17, 15) is 4.79 Å². The van der Waals surface area contributed by atoms with Crippen LogP contribution in [-0.2, 0) is 6.54 Å². The van der Waals surface area contributed by atoms with Gasteiger partial charge in [-0.1, -0.05) is 13.8 Å². The summed E-state index contributed by atoms with van der Waals surface area (Å²) in [5, 5.41) is 3.95. The molecule has 0 spiro atoms. The first-order valence-corrected chi connectivity index (χ1v) is 7.11. The van der Waals surface area contributed by atoms with Crippen molar-refractivity contribution < 1.29 is 4.79 Å². The lowest BCUT2D eigenvalue weighted by molar-refractivity contribution is 0.0955. The molecule has 5 heteroatoms. The normalized spacial score (nSPS) is 11.3. The lowest BCUT2D eigenvalue weighted by Crippen LogP contribution is -2.25. The number of nitrogens with one attached hydrogen (secondary N) is 1. The summed E-state index contributed by atoms with van der Waals surface area (Å²) in [7, 11) is 4.00. The molecule has 0 fully saturated rings. The van der Waals surface area contributed by atoms with Gasteiger partial charge in [-0.15, -0.1) is 11.3 Å². The first-order chi connectivity index (χ1) is 8.40. The van der Waals surface area contributed by atoms with Gasteiger partial charge >= 0.3 is 0 Å². The highest BCUT2D eigenvalue weighted by Crippen LogP contribution is 2.18. The van der Waals surface area contributed by atoms with E-state index < -0.39 is 0 Å². The van der Waals surface area contributed by atoms with Crippen LogP contribution < -0.4 is 5.32 Å². The van der Waals surface area contributed by atoms with Crippen LogP contribution in [0, 0.1) is 12.8 Å². The van der Waals surface area contributed by atoms with Crippen molar-refractivity contribution in [2.45, 2.75) is 33.7 Å². The molecule has 1 N–H and O–H groups in total. The number of nitrogens with zero attached hydrogens (tertiary/aromatic N) is 2. The molecule has 1 amide bonds. The zero-order valence-electron chi connectivity index (χ0n) is 11.9. The van der Waals surface area contributed by atoms with E-state index in [0.717, 1.165) is 35.1 Å². The summed E-state index contributed by atoms with van der Waals surface area (Å²) < 4.78 is 0. The van der Waals surface area contributed by atoms with Crippen molar-refractivity contribution in [3.63, 3.8) is 0 Å². The zero-order valence-corrected chi connectivity index (χ0v) is 12.7. The fourth-order valence-corrected chi connectivity index (χ4v) is 2.65. The van der Waals surface area contributed by atoms with Crippen LogP contribution in [0.25, 0.3) is 0 Å². The van der Waals surface area contributed by atoms with Crippen LogP contribution in [0.4, 0.5) is 0 Å². The Morgan fingerprint density at radius 2 is 2.11 bits per heavy atom. The number of amides is 1. The Balaban J connectivity index is 2.59. The molecule has 0 aliphatic heterocycles. The summed E-state index contributed by atoms with van der Waals surface area (Å²) >= 11 is 1.49. The number of carbonyl (C=O) groups is 1. The Morgan fingerprint density at radius 3 is 2.67 bits per heavy atom. The number of hydrogen-bond donors (Lipinski definition) is 1. The van der Waals surface area contributed by atoms with Gasteiger partial charge in [-0.25, -0.2) is 4.98 Å². The van der Waals surface area contributed by atoms with Crippen LogP contribution in [-0.4, -0.2) is 36.4 Å². The molecular weight excluding hydrogens is 246 g/mol. The van der Waals surface area contributed by atoms with Crippen molar-refractivity contribution in [1.82, 2.24) is 15.2 Å². The van der Waals surface area contributed by atoms with Gasteiger partial charge in [0.1, 0.15) is 9.88 Å². The van der Waals surface area contributed by atoms with E-state index in [0.29, 0.717) is 5.92 Å². The SMILES string of the molecule is Cc1nc(CN(C)C)sc1C(=O)NCCC(C)C. The van der Waals surface area contributed by atoms with E-state index in [2.05, 4.69) is 29.0 Å². The topological polar surface area (TPSA) is 45.2 Å². The van der Waals surface area contributed by atoms with Crippen molar-refractivity contribution in [1.29, 1.82) is 0 Å². The molecule has 0 saturated heterocycles. The molecule has 102 valence electrons. The second-order valence-corrected chi connectivity index (χ2v) is 6.28. The molecule has 0 radical (unpaired) electrons. The number of aromatic nitrogens is 1. The lowest BCUT2D eigenvalue weighted by atomic mass is 10.1. The summed E-state index contributed by atoms with van der Waals surface area (Å²) in [4.78, 5) is 19.2. The van der Waals surface area contributed by atoms with Crippen molar-refractivity contribution >= 4 is 17.2 Å². The Bertz CT molecular complexity index is 399. The lowest BCUT2D eigenvalue weighted by Gasteiger charge is -2.06. The van der Waals surface area contributed by atoms with Gasteiger partial charge in [-0.2, -0.15) is 0 Å². The van der Waals surface area contributed by atoms with Crippen molar-refractivity contribution in [3.05, 3.63) is 15.6 Å². The summed E-state index contributed by atoms with van der Waals surface area (Å²) in [5.74, 6) is 0.618. The highest BCUT2D eigenvalue weighted by atomic mass is 32.1. The second-order valence-electron chi connectivity index (χ2n) is 5.20. The van der Waals surface area contributed by atoms with Crippen molar-refractivity contribution in [3.8, 4) is 0 Å². The summed E-state index contributed by atoms with van der Waals surface area (Å²) in [6, 6.07) is 0. The summed E-state index contributed by atoms with van der Waals surface area (Å²) in [5.41, 5.74) is 0.832. The molecule has 0 aromatic carbocycles. The van der Waals surface area contributed by atoms with E-state index in [1.807, 2.05) is 21.0 Å². The van der Waals surface area contributed by atoms with Crippen LogP contribution in [0.15, 0.2) is 0 Å². The highest BCUT2D eigenvalue weighted by molar-refractivity contribution is 7.13. The van der Waals surface area contributed by atoms with E-state index >= 15 is 0 Å². The molecule has 0 bridgehead atoms. The van der Waals surface area contributed by atoms with E-state index in [1.54, 1.807) is 0 Å². The van der Waals surface area contributed by atoms with Crippen LogP contribution in [0.1, 0.15) is 40.6 Å². The molecule has 1 rings (SSSR count). The maximum Gasteiger partial charge on any atom is 0.263 e. The maximum atomic E-state index is 12.0. The minimum Gasteiger partial charge on any atom is -0.351 e. The molecule has 0 saturated carbocycles. The monoisotopic (exact) mass is 269 g/mol. The van der Waals surface area contributed by atoms with Crippen molar-refractivity contribution in [2.75, 3.05) is 20.6 Å². The smallest absolute Gasteiger partial charge is 0.263 e. The maximum absolute atomic E-state index is 12.0. The standard InChI is InChI=1S/C13H23N3OS/c1-9(2)6-7-14-13(17)12-10(3)15-11(18-12)8-16(4)5/h9H,6-8H2,1-5H3,(H,14,17). The van der Waals surface area contributed by atoms with Crippen LogP contribution in [0.2, 0.25) is 0 Å². The predicted octanol–water partition coefficient (Wildman–Crippen LogP) is 2.29. The van der Waals surface area contributed by atoms with Gasteiger partial charge < -0.3 is 10.2 Å². The van der Waals surface area contributed by atoms with Gasteiger partial charge in [0.2, 0.25) is 0 Å². The van der Waals surface area contributed by atoms with Gasteiger partial charge in [0.25, 0.3) is 5.91 Å². The molecule has 0 atom stereocenters. The van der Waals surface area contributed by atoms with E-state index in [1.165, 1.54) is 11.3 Å². The first kappa shape index (κ1) is 15.1. The molecule has 0 aliphatic rings. The number of hydrogen-bond acceptors (Lipinski definition) is 4. The molecule has 0 unspecified atom stereocenters. The first-order valence-electron chi connectivity index (χ1n) is 6.29. The fraction of sp³-hybridized carbons (Fsp3) is 0.692. The fourth-order valence-electron chi connectivity index (χ4n) is 1.56. The van der Waals surface area contributed by atoms with Crippen molar-refractivity contribution in [2.24, 2.45) is 5.92 Å².